The molecule has 2 heterocycles. The summed E-state index contributed by atoms with van der Waals surface area (Å²) >= 11 is 12.6. The maximum Gasteiger partial charge on any atom is 0.292 e. The molecule has 0 spiro atoms. The van der Waals surface area contributed by atoms with E-state index in [4.69, 9.17) is 23.2 Å². The number of para-hydroxylation sites is 1. The monoisotopic (exact) mass is 445 g/mol. The Morgan fingerprint density at radius 1 is 0.933 bits per heavy atom. The first-order valence-corrected chi connectivity index (χ1v) is 9.98. The highest BCUT2D eigenvalue weighted by molar-refractivity contribution is 6.33. The van der Waals surface area contributed by atoms with Crippen molar-refractivity contribution in [3.05, 3.63) is 85.2 Å². The van der Waals surface area contributed by atoms with E-state index in [2.05, 4.69) is 10.00 Å². The second-order valence-electron chi connectivity index (χ2n) is 6.76. The lowest BCUT2D eigenvalue weighted by Gasteiger charge is -2.37. The van der Waals surface area contributed by atoms with E-state index in [1.54, 1.807) is 24.4 Å². The Morgan fingerprint density at radius 3 is 2.17 bits per heavy atom. The van der Waals surface area contributed by atoms with Crippen molar-refractivity contribution in [2.75, 3.05) is 36.0 Å². The van der Waals surface area contributed by atoms with E-state index in [0.717, 1.165) is 5.69 Å². The molecule has 0 bridgehead atoms. The minimum absolute atomic E-state index is 0.0424. The van der Waals surface area contributed by atoms with Crippen molar-refractivity contribution in [3.63, 3.8) is 0 Å². The summed E-state index contributed by atoms with van der Waals surface area (Å²) in [6.07, 6.45) is 1.60. The molecule has 1 fully saturated rings. The standard InChI is InChI=1S/C20H17Cl2N5O3/c21-16-12-15(27(29)30)6-7-17(16)24-8-10-25(11-9-24)18-13-23-26(20(28)19(18)22)14-4-2-1-3-5-14/h1-7,12-13H,8-11H2. The van der Waals surface area contributed by atoms with Crippen LogP contribution >= 0.6 is 23.2 Å². The van der Waals surface area contributed by atoms with Gasteiger partial charge >= 0.3 is 0 Å². The number of benzene rings is 2. The number of nitrogens with zero attached hydrogens (tertiary/aromatic N) is 5. The Labute approximate surface area is 182 Å². The summed E-state index contributed by atoms with van der Waals surface area (Å²) in [5, 5.41) is 15.6. The Bertz CT molecular complexity index is 1140. The first kappa shape index (κ1) is 20.2. The maximum absolute atomic E-state index is 12.7. The summed E-state index contributed by atoms with van der Waals surface area (Å²) in [5.74, 6) is 0. The second kappa shape index (κ2) is 8.33. The molecule has 154 valence electrons. The van der Waals surface area contributed by atoms with Gasteiger partial charge in [0.1, 0.15) is 5.02 Å². The fraction of sp³-hybridized carbons (Fsp3) is 0.200. The van der Waals surface area contributed by atoms with E-state index in [-0.39, 0.29) is 16.3 Å². The zero-order chi connectivity index (χ0) is 21.3. The molecule has 1 aliphatic heterocycles. The van der Waals surface area contributed by atoms with Crippen molar-refractivity contribution in [2.24, 2.45) is 0 Å². The largest absolute Gasteiger partial charge is 0.367 e. The Kier molecular flexibility index (Phi) is 5.61. The predicted molar refractivity (Wildman–Crippen MR) is 117 cm³/mol. The van der Waals surface area contributed by atoms with Crippen molar-refractivity contribution >= 4 is 40.3 Å². The van der Waals surface area contributed by atoms with Crippen molar-refractivity contribution in [2.45, 2.75) is 0 Å². The Morgan fingerprint density at radius 2 is 1.57 bits per heavy atom. The molecular formula is C20H17Cl2N5O3. The first-order valence-electron chi connectivity index (χ1n) is 9.23. The number of aromatic nitrogens is 2. The number of hydrogen-bond acceptors (Lipinski definition) is 6. The molecule has 2 aromatic carbocycles. The van der Waals surface area contributed by atoms with Gasteiger partial charge < -0.3 is 9.80 Å². The SMILES string of the molecule is O=c1c(Cl)c(N2CCN(c3ccc([N+](=O)[O-])cc3Cl)CC2)cnn1-c1ccccc1. The van der Waals surface area contributed by atoms with Crippen LogP contribution in [0.5, 0.6) is 0 Å². The number of piperazine rings is 1. The van der Waals surface area contributed by atoms with E-state index >= 15 is 0 Å². The minimum Gasteiger partial charge on any atom is -0.367 e. The van der Waals surface area contributed by atoms with Crippen LogP contribution in [0, 0.1) is 10.1 Å². The molecule has 8 nitrogen and oxygen atoms in total. The number of nitro benzene ring substituents is 1. The maximum atomic E-state index is 12.7. The smallest absolute Gasteiger partial charge is 0.292 e. The number of hydrogen-bond donors (Lipinski definition) is 0. The zero-order valence-electron chi connectivity index (χ0n) is 15.7. The van der Waals surface area contributed by atoms with Crippen LogP contribution in [0.25, 0.3) is 5.69 Å². The lowest BCUT2D eigenvalue weighted by Crippen LogP contribution is -2.47. The van der Waals surface area contributed by atoms with Gasteiger partial charge in [-0.15, -0.1) is 0 Å². The molecule has 10 heteroatoms. The third-order valence-electron chi connectivity index (χ3n) is 5.00. The molecule has 1 saturated heterocycles. The van der Waals surface area contributed by atoms with Crippen molar-refractivity contribution in [1.82, 2.24) is 9.78 Å². The molecule has 0 N–H and O–H groups in total. The normalized spacial score (nSPS) is 14.1. The highest BCUT2D eigenvalue weighted by Gasteiger charge is 2.23. The molecule has 0 unspecified atom stereocenters. The van der Waals surface area contributed by atoms with Crippen LogP contribution in [0.3, 0.4) is 0 Å². The van der Waals surface area contributed by atoms with Crippen LogP contribution in [0.1, 0.15) is 0 Å². The summed E-state index contributed by atoms with van der Waals surface area (Å²) in [4.78, 5) is 27.2. The van der Waals surface area contributed by atoms with E-state index < -0.39 is 4.92 Å². The summed E-state index contributed by atoms with van der Waals surface area (Å²) in [7, 11) is 0. The van der Waals surface area contributed by atoms with E-state index in [1.807, 2.05) is 23.1 Å². The molecule has 4 rings (SSSR count). The zero-order valence-corrected chi connectivity index (χ0v) is 17.3. The molecular weight excluding hydrogens is 429 g/mol. The van der Waals surface area contributed by atoms with Crippen LogP contribution < -0.4 is 15.4 Å². The highest BCUT2D eigenvalue weighted by Crippen LogP contribution is 2.31. The van der Waals surface area contributed by atoms with Gasteiger partial charge in [0.2, 0.25) is 0 Å². The van der Waals surface area contributed by atoms with Gasteiger partial charge in [0.05, 0.1) is 33.2 Å². The minimum atomic E-state index is -0.472. The van der Waals surface area contributed by atoms with Gasteiger partial charge in [-0.2, -0.15) is 9.78 Å². The van der Waals surface area contributed by atoms with Crippen molar-refractivity contribution in [1.29, 1.82) is 0 Å². The number of anilines is 2. The molecule has 0 aliphatic carbocycles. The number of non-ortho nitro benzene ring substituents is 1. The molecule has 1 aliphatic rings. The number of rotatable bonds is 4. The van der Waals surface area contributed by atoms with Gasteiger partial charge in [0.15, 0.2) is 0 Å². The van der Waals surface area contributed by atoms with Crippen LogP contribution in [0.2, 0.25) is 10.0 Å². The predicted octanol–water partition coefficient (Wildman–Crippen LogP) is 3.77. The van der Waals surface area contributed by atoms with Crippen LogP contribution in [-0.4, -0.2) is 40.9 Å². The van der Waals surface area contributed by atoms with Crippen LogP contribution in [0.15, 0.2) is 59.5 Å². The highest BCUT2D eigenvalue weighted by atomic mass is 35.5. The van der Waals surface area contributed by atoms with Gasteiger partial charge in [0.25, 0.3) is 11.2 Å². The summed E-state index contributed by atoms with van der Waals surface area (Å²) in [6, 6.07) is 13.5. The van der Waals surface area contributed by atoms with Crippen molar-refractivity contribution in [3.8, 4) is 5.69 Å². The lowest BCUT2D eigenvalue weighted by atomic mass is 10.2. The number of nitro groups is 1. The third-order valence-corrected chi connectivity index (χ3v) is 5.66. The molecule has 3 aromatic rings. The van der Waals surface area contributed by atoms with Gasteiger partial charge in [0, 0.05) is 38.3 Å². The lowest BCUT2D eigenvalue weighted by molar-refractivity contribution is -0.384. The summed E-state index contributed by atoms with van der Waals surface area (Å²) in [5.41, 5.74) is 1.56. The fourth-order valence-electron chi connectivity index (χ4n) is 3.45. The Hall–Kier alpha value is -3.10. The number of halogens is 2. The van der Waals surface area contributed by atoms with Gasteiger partial charge in [-0.3, -0.25) is 14.9 Å². The second-order valence-corrected chi connectivity index (χ2v) is 7.55. The Balaban J connectivity index is 1.51. The molecule has 1 aromatic heterocycles. The topological polar surface area (TPSA) is 84.5 Å². The average Bonchev–Trinajstić information content (AvgIpc) is 2.76. The molecule has 0 atom stereocenters. The van der Waals surface area contributed by atoms with Crippen LogP contribution in [-0.2, 0) is 0 Å². The van der Waals surface area contributed by atoms with Gasteiger partial charge in [-0.1, -0.05) is 41.4 Å². The van der Waals surface area contributed by atoms with E-state index in [0.29, 0.717) is 42.6 Å². The first-order chi connectivity index (χ1) is 14.5. The fourth-order valence-corrected chi connectivity index (χ4v) is 3.99. The van der Waals surface area contributed by atoms with E-state index in [9.17, 15) is 14.9 Å². The third kappa shape index (κ3) is 3.83. The molecule has 0 amide bonds. The van der Waals surface area contributed by atoms with Crippen LogP contribution in [0.4, 0.5) is 17.1 Å². The summed E-state index contributed by atoms with van der Waals surface area (Å²) < 4.78 is 1.28. The van der Waals surface area contributed by atoms with Crippen molar-refractivity contribution < 1.29 is 4.92 Å². The quantitative estimate of drug-likeness (QED) is 0.448. The van der Waals surface area contributed by atoms with E-state index in [1.165, 1.54) is 16.8 Å². The average molecular weight is 446 g/mol. The van der Waals surface area contributed by atoms with Gasteiger partial charge in [-0.25, -0.2) is 0 Å². The molecule has 30 heavy (non-hydrogen) atoms. The molecule has 0 radical (unpaired) electrons. The van der Waals surface area contributed by atoms with Gasteiger partial charge in [-0.05, 0) is 18.2 Å². The summed E-state index contributed by atoms with van der Waals surface area (Å²) in [6.45, 7) is 2.44. The molecule has 0 saturated carbocycles.